The molecule has 0 aliphatic rings. The Morgan fingerprint density at radius 2 is 1.88 bits per heavy atom. The summed E-state index contributed by atoms with van der Waals surface area (Å²) in [6, 6.07) is 5.71. The number of hydrogen-bond donors (Lipinski definition) is 1. The van der Waals surface area contributed by atoms with Crippen molar-refractivity contribution in [3.05, 3.63) is 34.3 Å². The fraction of sp³-hybridized carbons (Fsp3) is 0.571. The van der Waals surface area contributed by atoms with Gasteiger partial charge in [-0.25, -0.2) is 0 Å². The first kappa shape index (κ1) is 13.5. The average Bonchev–Trinajstić information content (AvgIpc) is 2.28. The first-order valence-electron chi connectivity index (χ1n) is 6.02. The van der Waals surface area contributed by atoms with Crippen LogP contribution in [0.4, 0.5) is 0 Å². The van der Waals surface area contributed by atoms with Crippen molar-refractivity contribution in [2.24, 2.45) is 5.92 Å². The summed E-state index contributed by atoms with van der Waals surface area (Å²) in [7, 11) is 0. The van der Waals surface area contributed by atoms with Gasteiger partial charge in [-0.1, -0.05) is 44.4 Å². The number of hydrogen-bond acceptors (Lipinski definition) is 1. The Morgan fingerprint density at radius 1 is 1.25 bits per heavy atom. The summed E-state index contributed by atoms with van der Waals surface area (Å²) in [5, 5.41) is 10.9. The van der Waals surface area contributed by atoms with Crippen molar-refractivity contribution < 1.29 is 5.11 Å². The maximum atomic E-state index is 10.2. The fourth-order valence-electron chi connectivity index (χ4n) is 2.04. The van der Waals surface area contributed by atoms with Gasteiger partial charge in [0.2, 0.25) is 0 Å². The highest BCUT2D eigenvalue weighted by Gasteiger charge is 2.15. The maximum absolute atomic E-state index is 10.2. The molecule has 1 N–H and O–H groups in total. The highest BCUT2D eigenvalue weighted by molar-refractivity contribution is 6.30. The smallest absolute Gasteiger partial charge is 0.0795 e. The Labute approximate surface area is 103 Å². The number of benzene rings is 1. The van der Waals surface area contributed by atoms with Gasteiger partial charge in [0.25, 0.3) is 0 Å². The van der Waals surface area contributed by atoms with E-state index < -0.39 is 0 Å². The van der Waals surface area contributed by atoms with Gasteiger partial charge in [0, 0.05) is 5.02 Å². The molecule has 90 valence electrons. The second kappa shape index (κ2) is 6.27. The zero-order chi connectivity index (χ0) is 12.1. The Hall–Kier alpha value is -0.530. The van der Waals surface area contributed by atoms with E-state index in [1.807, 2.05) is 25.1 Å². The summed E-state index contributed by atoms with van der Waals surface area (Å²) in [4.78, 5) is 0. The molecule has 1 unspecified atom stereocenters. The van der Waals surface area contributed by atoms with Crippen molar-refractivity contribution in [1.29, 1.82) is 0 Å². The summed E-state index contributed by atoms with van der Waals surface area (Å²) in [5.41, 5.74) is 2.09. The predicted octanol–water partition coefficient (Wildman–Crippen LogP) is 4.51. The van der Waals surface area contributed by atoms with Gasteiger partial charge in [-0.15, -0.1) is 0 Å². The average molecular weight is 241 g/mol. The van der Waals surface area contributed by atoms with Crippen molar-refractivity contribution in [3.8, 4) is 0 Å². The summed E-state index contributed by atoms with van der Waals surface area (Å²) >= 11 is 5.95. The Bertz CT molecular complexity index is 332. The zero-order valence-electron chi connectivity index (χ0n) is 10.3. The lowest BCUT2D eigenvalue weighted by Crippen LogP contribution is -2.07. The molecule has 0 spiro atoms. The molecule has 0 saturated carbocycles. The van der Waals surface area contributed by atoms with Crippen LogP contribution in [0.1, 0.15) is 50.3 Å². The minimum atomic E-state index is -0.386. The van der Waals surface area contributed by atoms with Gasteiger partial charge < -0.3 is 5.11 Å². The molecule has 0 radical (unpaired) electrons. The van der Waals surface area contributed by atoms with Gasteiger partial charge in [-0.05, 0) is 42.5 Å². The molecule has 0 aliphatic heterocycles. The van der Waals surface area contributed by atoms with Crippen molar-refractivity contribution in [2.75, 3.05) is 0 Å². The summed E-state index contributed by atoms with van der Waals surface area (Å²) in [6.07, 6.45) is 2.68. The molecular weight excluding hydrogens is 220 g/mol. The van der Waals surface area contributed by atoms with E-state index in [-0.39, 0.29) is 6.10 Å². The van der Waals surface area contributed by atoms with Crippen LogP contribution in [0.15, 0.2) is 18.2 Å². The number of aliphatic hydroxyl groups is 1. The molecule has 1 rings (SSSR count). The monoisotopic (exact) mass is 240 g/mol. The van der Waals surface area contributed by atoms with Crippen LogP contribution in [0.2, 0.25) is 5.02 Å². The highest BCUT2D eigenvalue weighted by Crippen LogP contribution is 2.28. The third-order valence-electron chi connectivity index (χ3n) is 3.31. The Kier molecular flexibility index (Phi) is 5.30. The van der Waals surface area contributed by atoms with Crippen molar-refractivity contribution in [2.45, 2.75) is 46.1 Å². The van der Waals surface area contributed by atoms with E-state index in [0.717, 1.165) is 30.4 Å². The second-order valence-electron chi connectivity index (χ2n) is 4.43. The predicted molar refractivity (Wildman–Crippen MR) is 69.8 cm³/mol. The molecule has 0 heterocycles. The molecule has 1 aromatic rings. The van der Waals surface area contributed by atoms with E-state index in [9.17, 15) is 5.11 Å². The minimum absolute atomic E-state index is 0.386. The number of rotatable bonds is 5. The van der Waals surface area contributed by atoms with Crippen molar-refractivity contribution >= 4 is 11.6 Å². The molecule has 0 aromatic heterocycles. The van der Waals surface area contributed by atoms with E-state index in [2.05, 4.69) is 13.8 Å². The molecule has 0 saturated heterocycles. The van der Waals surface area contributed by atoms with E-state index in [1.165, 1.54) is 0 Å². The van der Waals surface area contributed by atoms with E-state index >= 15 is 0 Å². The first-order chi connectivity index (χ1) is 7.58. The van der Waals surface area contributed by atoms with Crippen LogP contribution in [0, 0.1) is 12.8 Å². The van der Waals surface area contributed by atoms with Gasteiger partial charge in [-0.2, -0.15) is 0 Å². The van der Waals surface area contributed by atoms with Crippen LogP contribution in [-0.4, -0.2) is 5.11 Å². The lowest BCUT2D eigenvalue weighted by atomic mass is 9.91. The summed E-state index contributed by atoms with van der Waals surface area (Å²) < 4.78 is 0. The molecule has 1 aromatic carbocycles. The Morgan fingerprint density at radius 3 is 2.44 bits per heavy atom. The number of aliphatic hydroxyl groups excluding tert-OH is 1. The van der Waals surface area contributed by atoms with Crippen molar-refractivity contribution in [1.82, 2.24) is 0 Å². The molecule has 0 bridgehead atoms. The molecule has 0 amide bonds. The van der Waals surface area contributed by atoms with E-state index in [0.29, 0.717) is 10.9 Å². The van der Waals surface area contributed by atoms with Gasteiger partial charge in [-0.3, -0.25) is 0 Å². The quantitative estimate of drug-likeness (QED) is 0.803. The van der Waals surface area contributed by atoms with Gasteiger partial charge in [0.05, 0.1) is 6.10 Å². The first-order valence-corrected chi connectivity index (χ1v) is 6.40. The summed E-state index contributed by atoms with van der Waals surface area (Å²) in [6.45, 7) is 6.36. The number of halogens is 1. The molecule has 16 heavy (non-hydrogen) atoms. The highest BCUT2D eigenvalue weighted by atomic mass is 35.5. The lowest BCUT2D eigenvalue weighted by molar-refractivity contribution is 0.140. The Balaban J connectivity index is 2.79. The maximum Gasteiger partial charge on any atom is 0.0795 e. The molecule has 2 heteroatoms. The van der Waals surface area contributed by atoms with Crippen LogP contribution in [-0.2, 0) is 0 Å². The molecule has 1 nitrogen and oxygen atoms in total. The van der Waals surface area contributed by atoms with Gasteiger partial charge in [0.1, 0.15) is 0 Å². The molecular formula is C14H21ClO. The molecule has 1 atom stereocenters. The zero-order valence-corrected chi connectivity index (χ0v) is 11.1. The fourth-order valence-corrected chi connectivity index (χ4v) is 2.22. The lowest BCUT2D eigenvalue weighted by Gasteiger charge is -2.19. The van der Waals surface area contributed by atoms with E-state index in [4.69, 9.17) is 11.6 Å². The van der Waals surface area contributed by atoms with Crippen LogP contribution >= 0.6 is 11.6 Å². The van der Waals surface area contributed by atoms with E-state index in [1.54, 1.807) is 0 Å². The normalized spacial score (nSPS) is 13.1. The SMILES string of the molecule is CCC(CC)CC(O)c1cc(Cl)ccc1C. The van der Waals surface area contributed by atoms with Crippen molar-refractivity contribution in [3.63, 3.8) is 0 Å². The van der Waals surface area contributed by atoms with Gasteiger partial charge >= 0.3 is 0 Å². The molecule has 0 aliphatic carbocycles. The third-order valence-corrected chi connectivity index (χ3v) is 3.55. The van der Waals surface area contributed by atoms with Crippen LogP contribution in [0.5, 0.6) is 0 Å². The number of aryl methyl sites for hydroxylation is 1. The summed E-state index contributed by atoms with van der Waals surface area (Å²) in [5.74, 6) is 0.591. The topological polar surface area (TPSA) is 20.2 Å². The second-order valence-corrected chi connectivity index (χ2v) is 4.87. The van der Waals surface area contributed by atoms with Crippen LogP contribution < -0.4 is 0 Å². The minimum Gasteiger partial charge on any atom is -0.388 e. The largest absolute Gasteiger partial charge is 0.388 e. The third kappa shape index (κ3) is 3.50. The van der Waals surface area contributed by atoms with Gasteiger partial charge in [0.15, 0.2) is 0 Å². The standard InChI is InChI=1S/C14H21ClO/c1-4-11(5-2)8-14(16)13-9-12(15)7-6-10(13)3/h6-7,9,11,14,16H,4-5,8H2,1-3H3. The molecule has 0 fully saturated rings. The van der Waals surface area contributed by atoms with Crippen LogP contribution in [0.3, 0.4) is 0 Å². The van der Waals surface area contributed by atoms with Crippen LogP contribution in [0.25, 0.3) is 0 Å².